The second-order valence-corrected chi connectivity index (χ2v) is 2.37. The van der Waals surface area contributed by atoms with E-state index in [1.54, 1.807) is 11.8 Å². The number of carbonyl (C=O) groups excluding carboxylic acids is 1. The first kappa shape index (κ1) is 15.5. The number of rotatable bonds is 0. The molecule has 1 saturated heterocycles. The van der Waals surface area contributed by atoms with Crippen LogP contribution in [0.25, 0.3) is 0 Å². The zero-order valence-corrected chi connectivity index (χ0v) is 10.2. The minimum atomic E-state index is -0.0139. The Morgan fingerprint density at radius 2 is 1.50 bits per heavy atom. The number of nitrogens with zero attached hydrogens (tertiary/aromatic N) is 1. The fraction of sp³-hybridized carbons (Fsp3) is 0.750. The van der Waals surface area contributed by atoms with Crippen LogP contribution in [0.4, 0.5) is 0 Å². The molecule has 0 saturated carbocycles. The van der Waals surface area contributed by atoms with Crippen LogP contribution < -0.4 is 0 Å². The van der Waals surface area contributed by atoms with Crippen LogP contribution >= 0.6 is 0 Å². The van der Waals surface area contributed by atoms with E-state index in [9.17, 15) is 4.79 Å². The van der Waals surface area contributed by atoms with Gasteiger partial charge in [0, 0.05) is 13.1 Å². The highest BCUT2D eigenvalue weighted by Gasteiger charge is 2.14. The van der Waals surface area contributed by atoms with Gasteiger partial charge in [-0.2, -0.15) is 0 Å². The van der Waals surface area contributed by atoms with Gasteiger partial charge in [0.1, 0.15) is 0 Å². The molecule has 0 N–H and O–H groups in total. The molecule has 0 atom stereocenters. The molecule has 1 aliphatic rings. The van der Waals surface area contributed by atoms with Crippen LogP contribution in [0.1, 0.15) is 47.5 Å². The van der Waals surface area contributed by atoms with Gasteiger partial charge in [0.25, 0.3) is 5.91 Å². The number of likely N-dealkylation sites (tertiary alicyclic amines) is 1. The predicted octanol–water partition coefficient (Wildman–Crippen LogP) is 2.68. The number of carbonyl (C=O) groups is 1. The van der Waals surface area contributed by atoms with Crippen LogP contribution in [0.3, 0.4) is 0 Å². The largest absolute Gasteiger partial charge is 0.332 e. The fourth-order valence-electron chi connectivity index (χ4n) is 1.11. The number of amides is 1. The van der Waals surface area contributed by atoms with Gasteiger partial charge < -0.3 is 4.90 Å². The summed E-state index contributed by atoms with van der Waals surface area (Å²) in [6.45, 7) is 11.5. The SMILES string of the molecule is CC.CC.CC#CC(=O)N1CCCC1. The second-order valence-electron chi connectivity index (χ2n) is 2.37. The van der Waals surface area contributed by atoms with Gasteiger partial charge in [0.2, 0.25) is 0 Å². The minimum absolute atomic E-state index is 0.0139. The highest BCUT2D eigenvalue weighted by molar-refractivity contribution is 5.93. The number of hydrogen-bond donors (Lipinski definition) is 0. The summed E-state index contributed by atoms with van der Waals surface area (Å²) in [5.74, 6) is 5.11. The average molecular weight is 197 g/mol. The normalized spacial score (nSPS) is 12.5. The van der Waals surface area contributed by atoms with Crippen molar-refractivity contribution < 1.29 is 4.79 Å². The summed E-state index contributed by atoms with van der Waals surface area (Å²) < 4.78 is 0. The predicted molar refractivity (Wildman–Crippen MR) is 62.0 cm³/mol. The van der Waals surface area contributed by atoms with Crippen LogP contribution in [0, 0.1) is 11.8 Å². The lowest BCUT2D eigenvalue weighted by molar-refractivity contribution is -0.124. The van der Waals surface area contributed by atoms with Crippen molar-refractivity contribution in [3.8, 4) is 11.8 Å². The summed E-state index contributed by atoms with van der Waals surface area (Å²) in [5.41, 5.74) is 0. The Kier molecular flexibility index (Phi) is 13.3. The third-order valence-electron chi connectivity index (χ3n) is 1.63. The van der Waals surface area contributed by atoms with E-state index in [1.807, 2.05) is 27.7 Å². The standard InChI is InChI=1S/C8H11NO.2C2H6/c1-2-5-8(10)9-6-3-4-7-9;2*1-2/h3-4,6-7H2,1H3;2*1-2H3. The summed E-state index contributed by atoms with van der Waals surface area (Å²) in [6.07, 6.45) is 2.27. The van der Waals surface area contributed by atoms with E-state index in [0.29, 0.717) is 0 Å². The van der Waals surface area contributed by atoms with Crippen molar-refractivity contribution in [2.75, 3.05) is 13.1 Å². The van der Waals surface area contributed by atoms with Gasteiger partial charge in [-0.05, 0) is 25.7 Å². The van der Waals surface area contributed by atoms with E-state index in [2.05, 4.69) is 11.8 Å². The first-order valence-corrected chi connectivity index (χ1v) is 5.56. The Morgan fingerprint density at radius 1 is 1.07 bits per heavy atom. The summed E-state index contributed by atoms with van der Waals surface area (Å²) in [5, 5.41) is 0. The summed E-state index contributed by atoms with van der Waals surface area (Å²) in [6, 6.07) is 0. The van der Waals surface area contributed by atoms with Crippen molar-refractivity contribution in [1.82, 2.24) is 4.90 Å². The lowest BCUT2D eigenvalue weighted by Gasteiger charge is -2.09. The van der Waals surface area contributed by atoms with E-state index in [-0.39, 0.29) is 5.91 Å². The molecule has 1 amide bonds. The molecule has 2 heteroatoms. The van der Waals surface area contributed by atoms with Gasteiger partial charge in [-0.1, -0.05) is 33.6 Å². The van der Waals surface area contributed by atoms with Crippen molar-refractivity contribution in [3.05, 3.63) is 0 Å². The van der Waals surface area contributed by atoms with Crippen LogP contribution in [-0.2, 0) is 4.79 Å². The second kappa shape index (κ2) is 12.0. The lowest BCUT2D eigenvalue weighted by atomic mass is 10.4. The quantitative estimate of drug-likeness (QED) is 0.547. The van der Waals surface area contributed by atoms with Gasteiger partial charge in [-0.3, -0.25) is 4.79 Å². The minimum Gasteiger partial charge on any atom is -0.332 e. The molecule has 14 heavy (non-hydrogen) atoms. The third kappa shape index (κ3) is 6.54. The molecule has 0 aromatic carbocycles. The van der Waals surface area contributed by atoms with Crippen molar-refractivity contribution in [2.24, 2.45) is 0 Å². The molecule has 2 nitrogen and oxygen atoms in total. The Labute approximate surface area is 88.7 Å². The molecule has 0 bridgehead atoms. The molecule has 1 rings (SSSR count). The van der Waals surface area contributed by atoms with Crippen LogP contribution in [0.5, 0.6) is 0 Å². The average Bonchev–Trinajstić information content (AvgIpc) is 2.77. The topological polar surface area (TPSA) is 20.3 Å². The monoisotopic (exact) mass is 197 g/mol. The Balaban J connectivity index is 0. The van der Waals surface area contributed by atoms with Gasteiger partial charge in [0.15, 0.2) is 0 Å². The van der Waals surface area contributed by atoms with E-state index in [0.717, 1.165) is 25.9 Å². The maximum absolute atomic E-state index is 11.0. The Bertz CT molecular complexity index is 182. The van der Waals surface area contributed by atoms with E-state index < -0.39 is 0 Å². The van der Waals surface area contributed by atoms with Crippen molar-refractivity contribution >= 4 is 5.91 Å². The molecule has 0 spiro atoms. The van der Waals surface area contributed by atoms with Crippen molar-refractivity contribution in [3.63, 3.8) is 0 Å². The van der Waals surface area contributed by atoms with E-state index in [4.69, 9.17) is 0 Å². The van der Waals surface area contributed by atoms with Crippen LogP contribution in [0.2, 0.25) is 0 Å². The maximum atomic E-state index is 11.0. The van der Waals surface area contributed by atoms with Crippen LogP contribution in [-0.4, -0.2) is 23.9 Å². The summed E-state index contributed by atoms with van der Waals surface area (Å²) in [7, 11) is 0. The zero-order chi connectivity index (χ0) is 11.4. The highest BCUT2D eigenvalue weighted by Crippen LogP contribution is 2.06. The van der Waals surface area contributed by atoms with Gasteiger partial charge in [-0.15, -0.1) is 0 Å². The molecular weight excluding hydrogens is 174 g/mol. The summed E-state index contributed by atoms with van der Waals surface area (Å²) in [4.78, 5) is 12.8. The van der Waals surface area contributed by atoms with Crippen molar-refractivity contribution in [1.29, 1.82) is 0 Å². The zero-order valence-electron chi connectivity index (χ0n) is 10.2. The van der Waals surface area contributed by atoms with E-state index >= 15 is 0 Å². The van der Waals surface area contributed by atoms with Gasteiger partial charge >= 0.3 is 0 Å². The molecule has 1 aliphatic heterocycles. The Morgan fingerprint density at radius 3 is 1.86 bits per heavy atom. The molecule has 1 heterocycles. The Hall–Kier alpha value is -0.970. The lowest BCUT2D eigenvalue weighted by Crippen LogP contribution is -2.25. The van der Waals surface area contributed by atoms with Gasteiger partial charge in [0.05, 0.1) is 0 Å². The summed E-state index contributed by atoms with van der Waals surface area (Å²) >= 11 is 0. The smallest absolute Gasteiger partial charge is 0.298 e. The first-order chi connectivity index (χ1) is 6.84. The molecule has 0 aromatic rings. The molecule has 82 valence electrons. The molecule has 0 aromatic heterocycles. The first-order valence-electron chi connectivity index (χ1n) is 5.56. The van der Waals surface area contributed by atoms with Gasteiger partial charge in [-0.25, -0.2) is 0 Å². The highest BCUT2D eigenvalue weighted by atomic mass is 16.2. The van der Waals surface area contributed by atoms with E-state index in [1.165, 1.54) is 0 Å². The molecule has 0 radical (unpaired) electrons. The molecule has 0 aliphatic carbocycles. The van der Waals surface area contributed by atoms with Crippen LogP contribution in [0.15, 0.2) is 0 Å². The third-order valence-corrected chi connectivity index (χ3v) is 1.63. The maximum Gasteiger partial charge on any atom is 0.298 e. The molecule has 0 unspecified atom stereocenters. The molecular formula is C12H23NO. The molecule has 1 fully saturated rings. The fourth-order valence-corrected chi connectivity index (χ4v) is 1.11. The van der Waals surface area contributed by atoms with Crippen molar-refractivity contribution in [2.45, 2.75) is 47.5 Å². The number of hydrogen-bond acceptors (Lipinski definition) is 1.